The number of hydrogen-bond acceptors (Lipinski definition) is 5. The highest BCUT2D eigenvalue weighted by Gasteiger charge is 2.22. The Morgan fingerprint density at radius 1 is 0.939 bits per heavy atom. The molecule has 2 aromatic heterocycles. The van der Waals surface area contributed by atoms with Crippen molar-refractivity contribution >= 4 is 16.9 Å². The molecule has 162 valence electrons. The molecule has 0 saturated carbocycles. The molecule has 0 amide bonds. The maximum absolute atomic E-state index is 13.3. The highest BCUT2D eigenvalue weighted by atomic mass is 16.5. The molecular formula is C27H20N2O4. The van der Waals surface area contributed by atoms with Gasteiger partial charge in [0, 0.05) is 28.8 Å². The first-order chi connectivity index (χ1) is 16.0. The van der Waals surface area contributed by atoms with Crippen LogP contribution in [0.25, 0.3) is 27.9 Å². The number of nitrogens with zero attached hydrogens (tertiary/aromatic N) is 2. The molecule has 5 aromatic rings. The molecule has 3 aromatic carbocycles. The highest BCUT2D eigenvalue weighted by Crippen LogP contribution is 2.30. The van der Waals surface area contributed by atoms with Gasteiger partial charge in [-0.15, -0.1) is 0 Å². The van der Waals surface area contributed by atoms with Gasteiger partial charge in [-0.25, -0.2) is 14.3 Å². The van der Waals surface area contributed by atoms with Crippen molar-refractivity contribution in [3.63, 3.8) is 0 Å². The molecule has 5 rings (SSSR count). The number of aromatic nitrogens is 2. The molecule has 0 bridgehead atoms. The molecule has 0 N–H and O–H groups in total. The molecule has 0 radical (unpaired) electrons. The van der Waals surface area contributed by atoms with Crippen molar-refractivity contribution in [1.82, 2.24) is 9.78 Å². The lowest BCUT2D eigenvalue weighted by atomic mass is 10.1. The lowest BCUT2D eigenvalue weighted by molar-refractivity contribution is 0.0734. The number of rotatable bonds is 4. The summed E-state index contributed by atoms with van der Waals surface area (Å²) >= 11 is 0. The van der Waals surface area contributed by atoms with Crippen LogP contribution in [0.15, 0.2) is 94.3 Å². The average Bonchev–Trinajstić information content (AvgIpc) is 3.28. The van der Waals surface area contributed by atoms with Crippen molar-refractivity contribution < 1.29 is 13.9 Å². The number of esters is 1. The van der Waals surface area contributed by atoms with Crippen LogP contribution < -0.4 is 10.4 Å². The number of benzene rings is 3. The van der Waals surface area contributed by atoms with Crippen LogP contribution in [0.4, 0.5) is 0 Å². The summed E-state index contributed by atoms with van der Waals surface area (Å²) in [7, 11) is 0. The van der Waals surface area contributed by atoms with Crippen LogP contribution in [-0.2, 0) is 0 Å². The topological polar surface area (TPSA) is 74.3 Å². The van der Waals surface area contributed by atoms with E-state index in [1.165, 1.54) is 6.07 Å². The smallest absolute Gasteiger partial charge is 0.347 e. The van der Waals surface area contributed by atoms with Crippen molar-refractivity contribution in [2.45, 2.75) is 13.8 Å². The van der Waals surface area contributed by atoms with Crippen LogP contribution in [0.3, 0.4) is 0 Å². The van der Waals surface area contributed by atoms with Gasteiger partial charge in [0.1, 0.15) is 22.6 Å². The molecule has 6 heteroatoms. The Labute approximate surface area is 189 Å². The molecule has 2 heterocycles. The first-order valence-electron chi connectivity index (χ1n) is 10.5. The zero-order valence-corrected chi connectivity index (χ0v) is 18.1. The van der Waals surface area contributed by atoms with Gasteiger partial charge in [-0.1, -0.05) is 48.5 Å². The van der Waals surface area contributed by atoms with Crippen LogP contribution in [-0.4, -0.2) is 15.7 Å². The summed E-state index contributed by atoms with van der Waals surface area (Å²) in [4.78, 5) is 25.2. The minimum Gasteiger partial charge on any atom is -0.422 e. The second-order valence-electron chi connectivity index (χ2n) is 7.74. The van der Waals surface area contributed by atoms with Crippen LogP contribution in [0.2, 0.25) is 0 Å². The van der Waals surface area contributed by atoms with Gasteiger partial charge in [0.25, 0.3) is 0 Å². The summed E-state index contributed by atoms with van der Waals surface area (Å²) in [6, 6.07) is 24.0. The molecule has 0 spiro atoms. The summed E-state index contributed by atoms with van der Waals surface area (Å²) in [5.74, 6) is -0.221. The molecule has 0 aliphatic heterocycles. The molecular weight excluding hydrogens is 416 g/mol. The van der Waals surface area contributed by atoms with E-state index in [2.05, 4.69) is 5.10 Å². The van der Waals surface area contributed by atoms with Crippen LogP contribution >= 0.6 is 0 Å². The van der Waals surface area contributed by atoms with Crippen molar-refractivity contribution in [1.29, 1.82) is 0 Å². The van der Waals surface area contributed by atoms with Crippen LogP contribution in [0.1, 0.15) is 21.5 Å². The fourth-order valence-electron chi connectivity index (χ4n) is 3.81. The molecule has 0 aliphatic rings. The number of fused-ring (bicyclic) bond motifs is 1. The number of para-hydroxylation sites is 1. The molecule has 0 atom stereocenters. The summed E-state index contributed by atoms with van der Waals surface area (Å²) in [5.41, 5.74) is 3.83. The Kier molecular flexibility index (Phi) is 5.11. The Hall–Kier alpha value is -4.45. The normalized spacial score (nSPS) is 11.0. The van der Waals surface area contributed by atoms with Crippen molar-refractivity contribution in [3.05, 3.63) is 112 Å². The predicted octanol–water partition coefficient (Wildman–Crippen LogP) is 5.48. The van der Waals surface area contributed by atoms with E-state index >= 15 is 0 Å². The third-order valence-electron chi connectivity index (χ3n) is 5.52. The number of carbonyl (C=O) groups excluding carboxylic acids is 1. The lowest BCUT2D eigenvalue weighted by Crippen LogP contribution is -2.10. The summed E-state index contributed by atoms with van der Waals surface area (Å²) in [6.07, 6.45) is 1.67. The molecule has 6 nitrogen and oxygen atoms in total. The van der Waals surface area contributed by atoms with Crippen LogP contribution in [0, 0.1) is 13.8 Å². The van der Waals surface area contributed by atoms with Gasteiger partial charge in [-0.05, 0) is 43.7 Å². The van der Waals surface area contributed by atoms with Crippen molar-refractivity contribution in [2.75, 3.05) is 0 Å². The van der Waals surface area contributed by atoms with Gasteiger partial charge in [0.15, 0.2) is 0 Å². The summed E-state index contributed by atoms with van der Waals surface area (Å²) in [6.45, 7) is 3.60. The average molecular weight is 436 g/mol. The quantitative estimate of drug-likeness (QED) is 0.212. The molecule has 0 fully saturated rings. The molecule has 0 unspecified atom stereocenters. The minimum absolute atomic E-state index is 0.327. The summed E-state index contributed by atoms with van der Waals surface area (Å²) < 4.78 is 12.8. The Balaban J connectivity index is 1.58. The third kappa shape index (κ3) is 3.83. The molecule has 33 heavy (non-hydrogen) atoms. The third-order valence-corrected chi connectivity index (χ3v) is 5.52. The number of hydrogen-bond donors (Lipinski definition) is 0. The van der Waals surface area contributed by atoms with E-state index in [-0.39, 0.29) is 0 Å². The van der Waals surface area contributed by atoms with Gasteiger partial charge in [0.2, 0.25) is 0 Å². The molecule has 0 aliphatic carbocycles. The zero-order valence-electron chi connectivity index (χ0n) is 18.1. The van der Waals surface area contributed by atoms with E-state index < -0.39 is 11.6 Å². The molecule has 0 saturated heterocycles. The summed E-state index contributed by atoms with van der Waals surface area (Å²) in [5, 5.41) is 5.46. The van der Waals surface area contributed by atoms with Crippen molar-refractivity contribution in [2.24, 2.45) is 0 Å². The van der Waals surface area contributed by atoms with E-state index in [0.717, 1.165) is 22.2 Å². The fraction of sp³-hybridized carbons (Fsp3) is 0.0741. The first-order valence-corrected chi connectivity index (χ1v) is 10.5. The van der Waals surface area contributed by atoms with Gasteiger partial charge in [-0.2, -0.15) is 5.10 Å². The second kappa shape index (κ2) is 8.24. The minimum atomic E-state index is -0.548. The second-order valence-corrected chi connectivity index (χ2v) is 7.74. The van der Waals surface area contributed by atoms with E-state index in [1.54, 1.807) is 29.9 Å². The van der Waals surface area contributed by atoms with Gasteiger partial charge < -0.3 is 9.15 Å². The first kappa shape index (κ1) is 20.5. The van der Waals surface area contributed by atoms with E-state index in [4.69, 9.17) is 9.15 Å². The van der Waals surface area contributed by atoms with Gasteiger partial charge in [0.05, 0.1) is 5.69 Å². The van der Waals surface area contributed by atoms with Gasteiger partial charge in [-0.3, -0.25) is 0 Å². The lowest BCUT2D eigenvalue weighted by Gasteiger charge is -2.10. The fourth-order valence-corrected chi connectivity index (χ4v) is 3.81. The van der Waals surface area contributed by atoms with E-state index in [1.807, 2.05) is 67.6 Å². The van der Waals surface area contributed by atoms with Gasteiger partial charge >= 0.3 is 11.6 Å². The van der Waals surface area contributed by atoms with E-state index in [0.29, 0.717) is 28.2 Å². The van der Waals surface area contributed by atoms with E-state index in [9.17, 15) is 9.59 Å². The Morgan fingerprint density at radius 3 is 2.36 bits per heavy atom. The van der Waals surface area contributed by atoms with Crippen LogP contribution in [0.5, 0.6) is 5.75 Å². The number of aryl methyl sites for hydroxylation is 2. The predicted molar refractivity (Wildman–Crippen MR) is 126 cm³/mol. The largest absolute Gasteiger partial charge is 0.422 e. The Morgan fingerprint density at radius 2 is 1.64 bits per heavy atom. The highest BCUT2D eigenvalue weighted by molar-refractivity contribution is 5.98. The Bertz CT molecular complexity index is 1530. The maximum atomic E-state index is 13.3. The SMILES string of the molecule is Cc1cc(=O)oc2c(C)c(OC(=O)c3cn(-c4ccccc4)nc3-c3ccccc3)ccc12. The number of ether oxygens (including phenoxy) is 1. The standard InChI is InChI=1S/C27H20N2O4/c1-17-15-24(30)33-26-18(2)23(14-13-21(17)26)32-27(31)22-16-29(20-11-7-4-8-12-20)28-25(22)19-9-5-3-6-10-19/h3-16H,1-2H3. The van der Waals surface area contributed by atoms with Crippen molar-refractivity contribution in [3.8, 4) is 22.7 Å². The number of carbonyl (C=O) groups is 1. The monoisotopic (exact) mass is 436 g/mol. The maximum Gasteiger partial charge on any atom is 0.347 e. The zero-order chi connectivity index (χ0) is 22.9.